The van der Waals surface area contributed by atoms with Crippen LogP contribution in [0.4, 0.5) is 0 Å². The third-order valence-corrected chi connectivity index (χ3v) is 15.3. The third-order valence-electron chi connectivity index (χ3n) is 15.3. The fourth-order valence-corrected chi connectivity index (χ4v) is 13.3. The predicted molar refractivity (Wildman–Crippen MR) is 250 cm³/mol. The van der Waals surface area contributed by atoms with Crippen LogP contribution >= 0.6 is 0 Å². The van der Waals surface area contributed by atoms with Gasteiger partial charge in [-0.2, -0.15) is 0 Å². The lowest BCUT2D eigenvalue weighted by atomic mass is 9.69. The zero-order valence-corrected chi connectivity index (χ0v) is 33.3. The Bertz CT molecular complexity index is 3460. The minimum atomic E-state index is -0.414. The first kappa shape index (κ1) is 31.7. The monoisotopic (exact) mass is 756 g/mol. The van der Waals surface area contributed by atoms with Gasteiger partial charge in [-0.1, -0.05) is 181 Å². The Balaban J connectivity index is 1.15. The summed E-state index contributed by atoms with van der Waals surface area (Å²) in [6.07, 6.45) is 0. The molecule has 0 amide bonds. The van der Waals surface area contributed by atoms with Crippen molar-refractivity contribution in [2.45, 2.75) is 24.7 Å². The molecule has 0 N–H and O–H groups in total. The molecular weight excluding hydrogens is 721 g/mol. The number of hydrogen-bond donors (Lipinski definition) is 0. The van der Waals surface area contributed by atoms with Gasteiger partial charge in [0.25, 0.3) is 0 Å². The first-order valence-electron chi connectivity index (χ1n) is 21.4. The average Bonchev–Trinajstić information content (AvgIpc) is 3.96. The largest absolute Gasteiger partial charge is 0.0726 e. The van der Waals surface area contributed by atoms with E-state index in [9.17, 15) is 0 Å². The molecule has 4 aliphatic carbocycles. The van der Waals surface area contributed by atoms with Crippen molar-refractivity contribution in [3.63, 3.8) is 0 Å². The molecule has 0 radical (unpaired) electrons. The van der Waals surface area contributed by atoms with Gasteiger partial charge < -0.3 is 0 Å². The maximum Gasteiger partial charge on any atom is 0.0726 e. The standard InChI is InChI=1S/C60H36/c1-33-25-27-41-51(29-33)59(47-21-7-3-13-35(47)36-14-4-8-22-48(36)59)53-31-45-39-18-12-20-44-56(39)46(40-17-11-19-43(55(40)45)57(41)53)32-54-58(44)42-28-26-34(2)30-52(42)60(54)49-23-9-5-15-37(49)38-16-6-10-24-50(38)60/h3-32H,1-2H3. The molecule has 276 valence electrons. The number of benzene rings is 11. The molecule has 0 unspecified atom stereocenters. The molecule has 11 aromatic carbocycles. The van der Waals surface area contributed by atoms with Crippen LogP contribution < -0.4 is 0 Å². The summed E-state index contributed by atoms with van der Waals surface area (Å²) in [5.41, 5.74) is 23.8. The van der Waals surface area contributed by atoms with Crippen LogP contribution in [0.1, 0.15) is 55.6 Å². The smallest absolute Gasteiger partial charge is 0.0619 e. The summed E-state index contributed by atoms with van der Waals surface area (Å²) >= 11 is 0. The quantitative estimate of drug-likeness (QED) is 0.107. The van der Waals surface area contributed by atoms with Crippen LogP contribution in [0, 0.1) is 13.8 Å². The lowest BCUT2D eigenvalue weighted by Gasteiger charge is -2.32. The summed E-state index contributed by atoms with van der Waals surface area (Å²) in [6, 6.07) is 70.8. The predicted octanol–water partition coefficient (Wildman–Crippen LogP) is 15.0. The van der Waals surface area contributed by atoms with Crippen molar-refractivity contribution in [2.75, 3.05) is 0 Å². The molecule has 0 aromatic heterocycles. The normalized spacial score (nSPS) is 15.1. The van der Waals surface area contributed by atoms with Crippen molar-refractivity contribution in [3.05, 3.63) is 238 Å². The topological polar surface area (TPSA) is 0 Å². The summed E-state index contributed by atoms with van der Waals surface area (Å²) in [5, 5.41) is 10.8. The van der Waals surface area contributed by atoms with E-state index in [2.05, 4.69) is 196 Å². The van der Waals surface area contributed by atoms with Gasteiger partial charge in [0.1, 0.15) is 0 Å². The first-order valence-corrected chi connectivity index (χ1v) is 21.4. The van der Waals surface area contributed by atoms with E-state index < -0.39 is 10.8 Å². The van der Waals surface area contributed by atoms with Gasteiger partial charge in [-0.25, -0.2) is 0 Å². The summed E-state index contributed by atoms with van der Waals surface area (Å²) in [6.45, 7) is 4.51. The van der Waals surface area contributed by atoms with E-state index in [-0.39, 0.29) is 0 Å². The number of fused-ring (bicyclic) bond motifs is 24. The van der Waals surface area contributed by atoms with Crippen LogP contribution in [0.3, 0.4) is 0 Å². The van der Waals surface area contributed by atoms with E-state index in [4.69, 9.17) is 0 Å². The highest BCUT2D eigenvalue weighted by Crippen LogP contribution is 2.67. The summed E-state index contributed by atoms with van der Waals surface area (Å²) in [4.78, 5) is 0. The van der Waals surface area contributed by atoms with Gasteiger partial charge in [-0.05, 0) is 158 Å². The van der Waals surface area contributed by atoms with Crippen LogP contribution in [0.5, 0.6) is 0 Å². The van der Waals surface area contributed by atoms with Crippen molar-refractivity contribution in [3.8, 4) is 44.5 Å². The van der Waals surface area contributed by atoms with Gasteiger partial charge in [0.15, 0.2) is 0 Å². The van der Waals surface area contributed by atoms with Gasteiger partial charge >= 0.3 is 0 Å². The molecule has 11 aromatic rings. The second kappa shape index (κ2) is 10.5. The van der Waals surface area contributed by atoms with Crippen molar-refractivity contribution >= 4 is 43.1 Å². The van der Waals surface area contributed by atoms with E-state index >= 15 is 0 Å². The molecule has 0 heterocycles. The Morgan fingerprint density at radius 3 is 0.983 bits per heavy atom. The van der Waals surface area contributed by atoms with Gasteiger partial charge in [-0.15, -0.1) is 0 Å². The Morgan fingerprint density at radius 1 is 0.250 bits per heavy atom. The lowest BCUT2D eigenvalue weighted by molar-refractivity contribution is 0.794. The second-order valence-electron chi connectivity index (χ2n) is 17.9. The Kier molecular flexibility index (Phi) is 5.53. The van der Waals surface area contributed by atoms with Crippen LogP contribution in [-0.4, -0.2) is 0 Å². The molecule has 0 bridgehead atoms. The van der Waals surface area contributed by atoms with Crippen LogP contribution in [0.15, 0.2) is 182 Å². The van der Waals surface area contributed by atoms with Gasteiger partial charge in [0.05, 0.1) is 10.8 Å². The van der Waals surface area contributed by atoms with Crippen LogP contribution in [0.25, 0.3) is 87.6 Å². The van der Waals surface area contributed by atoms with Crippen LogP contribution in [-0.2, 0) is 10.8 Å². The highest BCUT2D eigenvalue weighted by molar-refractivity contribution is 6.36. The maximum atomic E-state index is 2.63. The highest BCUT2D eigenvalue weighted by Gasteiger charge is 2.54. The lowest BCUT2D eigenvalue weighted by Crippen LogP contribution is -2.26. The first-order chi connectivity index (χ1) is 29.6. The number of aryl methyl sites for hydroxylation is 2. The number of hydrogen-bond acceptors (Lipinski definition) is 0. The van der Waals surface area contributed by atoms with E-state index in [0.29, 0.717) is 0 Å². The minimum absolute atomic E-state index is 0.414. The van der Waals surface area contributed by atoms with Gasteiger partial charge in [0, 0.05) is 0 Å². The molecule has 4 aliphatic rings. The van der Waals surface area contributed by atoms with Crippen LogP contribution in [0.2, 0.25) is 0 Å². The molecule has 15 rings (SSSR count). The highest BCUT2D eigenvalue weighted by atomic mass is 14.5. The molecular formula is C60H36. The Morgan fingerprint density at radius 2 is 0.600 bits per heavy atom. The van der Waals surface area contributed by atoms with E-state index in [1.54, 1.807) is 0 Å². The second-order valence-corrected chi connectivity index (χ2v) is 17.9. The van der Waals surface area contributed by atoms with Crippen molar-refractivity contribution < 1.29 is 0 Å². The fraction of sp³-hybridized carbons (Fsp3) is 0.0667. The van der Waals surface area contributed by atoms with E-state index in [0.717, 1.165) is 0 Å². The zero-order chi connectivity index (χ0) is 39.2. The Hall–Kier alpha value is -7.28. The molecule has 0 fully saturated rings. The fourth-order valence-electron chi connectivity index (χ4n) is 13.3. The number of rotatable bonds is 0. The Labute approximate surface area is 348 Å². The molecule has 0 aliphatic heterocycles. The molecule has 0 atom stereocenters. The van der Waals surface area contributed by atoms with Crippen molar-refractivity contribution in [1.82, 2.24) is 0 Å². The maximum absolute atomic E-state index is 2.63. The van der Waals surface area contributed by atoms with Crippen molar-refractivity contribution in [2.24, 2.45) is 0 Å². The van der Waals surface area contributed by atoms with Gasteiger partial charge in [0.2, 0.25) is 0 Å². The SMILES string of the molecule is Cc1ccc2c(c1)C1(c3ccccc3-c3ccccc31)c1cc3c4cccc5c6c(cc(c7cccc(c1-2)c73)c54)C1(c2ccccc2-c2ccccc21)c1cc(C)ccc1-6. The molecule has 0 nitrogen and oxygen atoms in total. The third kappa shape index (κ3) is 3.31. The molecule has 2 spiro atoms. The zero-order valence-electron chi connectivity index (χ0n) is 33.3. The molecule has 0 saturated heterocycles. The van der Waals surface area contributed by atoms with Crippen molar-refractivity contribution in [1.29, 1.82) is 0 Å². The van der Waals surface area contributed by atoms with E-state index in [1.165, 1.54) is 143 Å². The molecule has 60 heavy (non-hydrogen) atoms. The summed E-state index contributed by atoms with van der Waals surface area (Å²) in [5.74, 6) is 0. The van der Waals surface area contributed by atoms with E-state index in [1.807, 2.05) is 0 Å². The summed E-state index contributed by atoms with van der Waals surface area (Å²) in [7, 11) is 0. The average molecular weight is 757 g/mol. The summed E-state index contributed by atoms with van der Waals surface area (Å²) < 4.78 is 0. The minimum Gasteiger partial charge on any atom is -0.0619 e. The van der Waals surface area contributed by atoms with Gasteiger partial charge in [-0.3, -0.25) is 0 Å². The molecule has 0 heteroatoms. The molecule has 0 saturated carbocycles.